The van der Waals surface area contributed by atoms with Gasteiger partial charge in [0.2, 0.25) is 5.89 Å². The Morgan fingerprint density at radius 1 is 1.35 bits per heavy atom. The van der Waals surface area contributed by atoms with E-state index in [9.17, 15) is 0 Å². The molecule has 0 bridgehead atoms. The molecule has 3 rings (SSSR count). The molecule has 17 heavy (non-hydrogen) atoms. The minimum absolute atomic E-state index is 0.0571. The summed E-state index contributed by atoms with van der Waals surface area (Å²) in [5, 5.41) is 4.04. The Kier molecular flexibility index (Phi) is 2.90. The van der Waals surface area contributed by atoms with Crippen molar-refractivity contribution in [3.05, 3.63) is 11.7 Å². The molecule has 0 spiro atoms. The standard InChI is InChI=1S/C13H21N3O/c1-2-5-10(14)12-15-13(17-16-12)11-8-6-3-4-7-9(8)11/h8-11H,2-7,14H2,1H3. The van der Waals surface area contributed by atoms with Crippen LogP contribution in [0.1, 0.15) is 69.1 Å². The maximum absolute atomic E-state index is 6.00. The van der Waals surface area contributed by atoms with E-state index in [1.807, 2.05) is 0 Å². The van der Waals surface area contributed by atoms with Crippen molar-refractivity contribution in [2.45, 2.75) is 57.4 Å². The molecule has 1 heterocycles. The van der Waals surface area contributed by atoms with Crippen LogP contribution in [0.3, 0.4) is 0 Å². The lowest BCUT2D eigenvalue weighted by Gasteiger charge is -2.04. The molecule has 0 saturated heterocycles. The van der Waals surface area contributed by atoms with Crippen molar-refractivity contribution in [1.29, 1.82) is 0 Å². The predicted molar refractivity (Wildman–Crippen MR) is 64.3 cm³/mol. The molecule has 2 aliphatic carbocycles. The van der Waals surface area contributed by atoms with Crippen LogP contribution in [-0.2, 0) is 0 Å². The molecule has 1 aromatic heterocycles. The molecule has 0 aliphatic heterocycles. The zero-order chi connectivity index (χ0) is 11.8. The van der Waals surface area contributed by atoms with Crippen molar-refractivity contribution in [2.24, 2.45) is 17.6 Å². The predicted octanol–water partition coefficient (Wildman–Crippen LogP) is 2.77. The first-order chi connectivity index (χ1) is 8.31. The van der Waals surface area contributed by atoms with Gasteiger partial charge in [-0.3, -0.25) is 0 Å². The van der Waals surface area contributed by atoms with Gasteiger partial charge in [-0.05, 0) is 31.1 Å². The van der Waals surface area contributed by atoms with Gasteiger partial charge >= 0.3 is 0 Å². The summed E-state index contributed by atoms with van der Waals surface area (Å²) in [5.41, 5.74) is 6.00. The summed E-state index contributed by atoms with van der Waals surface area (Å²) < 4.78 is 5.41. The van der Waals surface area contributed by atoms with Crippen LogP contribution in [-0.4, -0.2) is 10.1 Å². The summed E-state index contributed by atoms with van der Waals surface area (Å²) in [7, 11) is 0. The number of fused-ring (bicyclic) bond motifs is 1. The number of aromatic nitrogens is 2. The molecule has 3 atom stereocenters. The van der Waals surface area contributed by atoms with E-state index in [1.54, 1.807) is 0 Å². The fourth-order valence-corrected chi connectivity index (χ4v) is 3.33. The second kappa shape index (κ2) is 4.41. The first kappa shape index (κ1) is 11.2. The maximum Gasteiger partial charge on any atom is 0.230 e. The molecule has 3 unspecified atom stereocenters. The maximum atomic E-state index is 6.00. The van der Waals surface area contributed by atoms with Gasteiger partial charge < -0.3 is 10.3 Å². The highest BCUT2D eigenvalue weighted by atomic mass is 16.5. The van der Waals surface area contributed by atoms with Gasteiger partial charge in [0.15, 0.2) is 5.82 Å². The van der Waals surface area contributed by atoms with Crippen molar-refractivity contribution < 1.29 is 4.52 Å². The number of rotatable bonds is 4. The van der Waals surface area contributed by atoms with E-state index in [1.165, 1.54) is 25.7 Å². The third-order valence-electron chi connectivity index (χ3n) is 4.33. The van der Waals surface area contributed by atoms with Crippen LogP contribution < -0.4 is 5.73 Å². The minimum atomic E-state index is -0.0571. The highest BCUT2D eigenvalue weighted by Crippen LogP contribution is 2.60. The molecule has 1 aromatic rings. The summed E-state index contributed by atoms with van der Waals surface area (Å²) >= 11 is 0. The first-order valence-corrected chi connectivity index (χ1v) is 6.90. The van der Waals surface area contributed by atoms with Crippen LogP contribution in [0.15, 0.2) is 4.52 Å². The van der Waals surface area contributed by atoms with Gasteiger partial charge in [-0.2, -0.15) is 4.98 Å². The van der Waals surface area contributed by atoms with Crippen LogP contribution in [0, 0.1) is 11.8 Å². The van der Waals surface area contributed by atoms with E-state index < -0.39 is 0 Å². The van der Waals surface area contributed by atoms with Crippen molar-refractivity contribution in [3.8, 4) is 0 Å². The summed E-state index contributed by atoms with van der Waals surface area (Å²) in [6.45, 7) is 2.12. The molecule has 0 amide bonds. The van der Waals surface area contributed by atoms with E-state index in [0.29, 0.717) is 11.7 Å². The Labute approximate surface area is 102 Å². The molecule has 4 heteroatoms. The molecular formula is C13H21N3O. The molecule has 0 radical (unpaired) electrons. The number of hydrogen-bond donors (Lipinski definition) is 1. The summed E-state index contributed by atoms with van der Waals surface area (Å²) in [4.78, 5) is 4.51. The first-order valence-electron chi connectivity index (χ1n) is 6.90. The molecule has 0 aromatic carbocycles. The normalized spacial score (nSPS) is 33.2. The Morgan fingerprint density at radius 2 is 2.06 bits per heavy atom. The van der Waals surface area contributed by atoms with E-state index >= 15 is 0 Å². The molecule has 94 valence electrons. The Hall–Kier alpha value is -0.900. The monoisotopic (exact) mass is 235 g/mol. The lowest BCUT2D eigenvalue weighted by Crippen LogP contribution is -2.11. The van der Waals surface area contributed by atoms with Crippen LogP contribution in [0.5, 0.6) is 0 Å². The van der Waals surface area contributed by atoms with Gasteiger partial charge in [-0.15, -0.1) is 0 Å². The number of nitrogens with two attached hydrogens (primary N) is 1. The highest BCUT2D eigenvalue weighted by molar-refractivity contribution is 5.15. The fraction of sp³-hybridized carbons (Fsp3) is 0.846. The van der Waals surface area contributed by atoms with E-state index in [4.69, 9.17) is 10.3 Å². The van der Waals surface area contributed by atoms with Crippen LogP contribution >= 0.6 is 0 Å². The average Bonchev–Trinajstić information content (AvgIpc) is 2.86. The second-order valence-corrected chi connectivity index (χ2v) is 5.52. The average molecular weight is 235 g/mol. The van der Waals surface area contributed by atoms with Gasteiger partial charge in [0.1, 0.15) is 0 Å². The zero-order valence-electron chi connectivity index (χ0n) is 10.4. The fourth-order valence-electron chi connectivity index (χ4n) is 3.33. The number of nitrogens with zero attached hydrogens (tertiary/aromatic N) is 2. The van der Waals surface area contributed by atoms with E-state index in [0.717, 1.165) is 30.6 Å². The van der Waals surface area contributed by atoms with Crippen LogP contribution in [0.25, 0.3) is 0 Å². The highest BCUT2D eigenvalue weighted by Gasteiger charge is 2.54. The van der Waals surface area contributed by atoms with Crippen molar-refractivity contribution in [1.82, 2.24) is 10.1 Å². The van der Waals surface area contributed by atoms with Gasteiger partial charge in [0, 0.05) is 5.92 Å². The molecular weight excluding hydrogens is 214 g/mol. The summed E-state index contributed by atoms with van der Waals surface area (Å²) in [5.74, 6) is 3.74. The quantitative estimate of drug-likeness (QED) is 0.871. The number of hydrogen-bond acceptors (Lipinski definition) is 4. The van der Waals surface area contributed by atoms with Crippen LogP contribution in [0.2, 0.25) is 0 Å². The SMILES string of the molecule is CCCC(N)c1noc(C2C3CCCCC32)n1. The smallest absolute Gasteiger partial charge is 0.230 e. The molecule has 2 aliphatic rings. The minimum Gasteiger partial charge on any atom is -0.339 e. The topological polar surface area (TPSA) is 64.9 Å². The Morgan fingerprint density at radius 3 is 2.71 bits per heavy atom. The van der Waals surface area contributed by atoms with Crippen molar-refractivity contribution in [2.75, 3.05) is 0 Å². The van der Waals surface area contributed by atoms with Crippen molar-refractivity contribution in [3.63, 3.8) is 0 Å². The molecule has 2 saturated carbocycles. The zero-order valence-corrected chi connectivity index (χ0v) is 10.4. The lowest BCUT2D eigenvalue weighted by molar-refractivity contribution is 0.363. The van der Waals surface area contributed by atoms with Gasteiger partial charge in [-0.25, -0.2) is 0 Å². The largest absolute Gasteiger partial charge is 0.339 e. The van der Waals surface area contributed by atoms with Gasteiger partial charge in [0.05, 0.1) is 6.04 Å². The molecule has 4 nitrogen and oxygen atoms in total. The summed E-state index contributed by atoms with van der Waals surface area (Å²) in [6, 6.07) is -0.0571. The summed E-state index contributed by atoms with van der Waals surface area (Å²) in [6.07, 6.45) is 7.40. The van der Waals surface area contributed by atoms with Crippen molar-refractivity contribution >= 4 is 0 Å². The molecule has 2 fully saturated rings. The van der Waals surface area contributed by atoms with Gasteiger partial charge in [-0.1, -0.05) is 31.3 Å². The third kappa shape index (κ3) is 1.99. The third-order valence-corrected chi connectivity index (χ3v) is 4.33. The lowest BCUT2D eigenvalue weighted by atomic mass is 10.0. The van der Waals surface area contributed by atoms with E-state index in [-0.39, 0.29) is 6.04 Å². The Bertz CT molecular complexity index is 378. The van der Waals surface area contributed by atoms with E-state index in [2.05, 4.69) is 17.1 Å². The van der Waals surface area contributed by atoms with Crippen LogP contribution in [0.4, 0.5) is 0 Å². The molecule has 2 N–H and O–H groups in total. The van der Waals surface area contributed by atoms with Gasteiger partial charge in [0.25, 0.3) is 0 Å². The second-order valence-electron chi connectivity index (χ2n) is 5.52. The Balaban J connectivity index is 1.69.